The third-order valence-electron chi connectivity index (χ3n) is 10.8. The fraction of sp³-hybridized carbons (Fsp3) is 0. The molecule has 0 atom stereocenters. The van der Waals surface area contributed by atoms with Crippen molar-refractivity contribution in [3.05, 3.63) is 242 Å². The molecule has 0 bridgehead atoms. The fourth-order valence-electron chi connectivity index (χ4n) is 7.88. The first-order valence-corrected chi connectivity index (χ1v) is 20.3. The van der Waals surface area contributed by atoms with Crippen LogP contribution in [0.2, 0.25) is 0 Å². The van der Waals surface area contributed by atoms with E-state index in [-0.39, 0.29) is 0 Å². The monoisotopic (exact) mass is 768 g/mol. The van der Waals surface area contributed by atoms with Gasteiger partial charge in [0.05, 0.1) is 22.8 Å². The van der Waals surface area contributed by atoms with Gasteiger partial charge in [-0.15, -0.1) is 0 Å². The van der Waals surface area contributed by atoms with E-state index in [1.54, 1.807) is 0 Å². The predicted octanol–water partition coefficient (Wildman–Crippen LogP) is 14.2. The van der Waals surface area contributed by atoms with E-state index >= 15 is 0 Å². The molecule has 4 nitrogen and oxygen atoms in total. The molecular formula is C56H40N4. The molecule has 8 aromatic carbocycles. The van der Waals surface area contributed by atoms with Crippen LogP contribution in [-0.2, 0) is 0 Å². The summed E-state index contributed by atoms with van der Waals surface area (Å²) in [4.78, 5) is 10.7. The Bertz CT molecular complexity index is 2800. The normalized spacial score (nSPS) is 11.3. The lowest BCUT2D eigenvalue weighted by atomic mass is 10.0. The molecule has 10 rings (SSSR count). The second-order valence-corrected chi connectivity index (χ2v) is 14.6. The minimum atomic E-state index is 0.893. The summed E-state index contributed by atoms with van der Waals surface area (Å²) in [6.45, 7) is 0. The van der Waals surface area contributed by atoms with Crippen LogP contribution in [0.25, 0.3) is 91.3 Å². The predicted molar refractivity (Wildman–Crippen MR) is 249 cm³/mol. The zero-order chi connectivity index (χ0) is 40.1. The highest BCUT2D eigenvalue weighted by atomic mass is 15.1. The number of rotatable bonds is 10. The van der Waals surface area contributed by atoms with Gasteiger partial charge in [0.25, 0.3) is 0 Å². The van der Waals surface area contributed by atoms with Crippen molar-refractivity contribution in [2.24, 2.45) is 0 Å². The van der Waals surface area contributed by atoms with Crippen molar-refractivity contribution >= 4 is 12.2 Å². The Morgan fingerprint density at radius 2 is 0.550 bits per heavy atom. The molecule has 0 fully saturated rings. The zero-order valence-electron chi connectivity index (χ0n) is 32.9. The van der Waals surface area contributed by atoms with Crippen molar-refractivity contribution in [2.75, 3.05) is 0 Å². The number of hydrogen-bond acceptors (Lipinski definition) is 2. The molecule has 0 amide bonds. The topological polar surface area (TPSA) is 35.6 Å². The van der Waals surface area contributed by atoms with Crippen molar-refractivity contribution in [3.8, 4) is 79.2 Å². The summed E-state index contributed by atoms with van der Waals surface area (Å²) in [5, 5.41) is 0. The highest BCUT2D eigenvalue weighted by molar-refractivity contribution is 5.86. The van der Waals surface area contributed by atoms with Crippen LogP contribution in [-0.4, -0.2) is 19.1 Å². The first-order valence-electron chi connectivity index (χ1n) is 20.3. The van der Waals surface area contributed by atoms with Crippen molar-refractivity contribution in [1.29, 1.82) is 0 Å². The number of para-hydroxylation sites is 2. The Kier molecular flexibility index (Phi) is 9.92. The van der Waals surface area contributed by atoms with Gasteiger partial charge in [0.2, 0.25) is 0 Å². The molecule has 0 N–H and O–H groups in total. The minimum absolute atomic E-state index is 0.893. The molecule has 0 unspecified atom stereocenters. The molecule has 0 saturated heterocycles. The van der Waals surface area contributed by atoms with Crippen molar-refractivity contribution in [1.82, 2.24) is 19.1 Å². The highest BCUT2D eigenvalue weighted by Crippen LogP contribution is 2.40. The smallest absolute Gasteiger partial charge is 0.145 e. The molecule has 0 radical (unpaired) electrons. The zero-order valence-corrected chi connectivity index (χ0v) is 32.9. The Morgan fingerprint density at radius 1 is 0.267 bits per heavy atom. The van der Waals surface area contributed by atoms with Crippen LogP contribution in [0.4, 0.5) is 0 Å². The van der Waals surface area contributed by atoms with E-state index in [9.17, 15) is 0 Å². The van der Waals surface area contributed by atoms with Crippen LogP contribution in [0, 0.1) is 0 Å². The maximum atomic E-state index is 5.36. The maximum absolute atomic E-state index is 5.36. The SMILES string of the molecule is C(=Cc1ccc(-c2nc(-c3ccccc3)c(-c3ccccc3)n2-c2ccccc2)cc1)c1ccc(-c2nc(-c3ccccc3)c(-c3ccccc3)n2-c2ccccc2)cc1. The number of aromatic nitrogens is 4. The van der Waals surface area contributed by atoms with Crippen LogP contribution in [0.1, 0.15) is 11.1 Å². The molecular weight excluding hydrogens is 729 g/mol. The van der Waals surface area contributed by atoms with Gasteiger partial charge in [-0.05, 0) is 35.4 Å². The molecule has 2 heterocycles. The van der Waals surface area contributed by atoms with Crippen LogP contribution < -0.4 is 0 Å². The number of imidazole rings is 2. The number of hydrogen-bond donors (Lipinski definition) is 0. The van der Waals surface area contributed by atoms with E-state index < -0.39 is 0 Å². The number of nitrogens with zero attached hydrogens (tertiary/aromatic N) is 4. The summed E-state index contributed by atoms with van der Waals surface area (Å²) in [6.07, 6.45) is 4.33. The summed E-state index contributed by atoms with van der Waals surface area (Å²) in [6, 6.07) is 80.4. The second-order valence-electron chi connectivity index (χ2n) is 14.6. The largest absolute Gasteiger partial charge is 0.292 e. The van der Waals surface area contributed by atoms with Crippen LogP contribution in [0.15, 0.2) is 231 Å². The van der Waals surface area contributed by atoms with Crippen molar-refractivity contribution < 1.29 is 0 Å². The fourth-order valence-corrected chi connectivity index (χ4v) is 7.88. The van der Waals surface area contributed by atoms with Crippen LogP contribution in [0.5, 0.6) is 0 Å². The third kappa shape index (κ3) is 7.19. The summed E-state index contributed by atoms with van der Waals surface area (Å²) < 4.78 is 4.58. The first-order chi connectivity index (χ1) is 29.8. The van der Waals surface area contributed by atoms with Crippen LogP contribution >= 0.6 is 0 Å². The lowest BCUT2D eigenvalue weighted by Crippen LogP contribution is -2.00. The lowest BCUT2D eigenvalue weighted by molar-refractivity contribution is 1.07. The van der Waals surface area contributed by atoms with E-state index in [0.29, 0.717) is 0 Å². The van der Waals surface area contributed by atoms with E-state index in [2.05, 4.69) is 240 Å². The standard InChI is InChI=1S/C56H40N4/c1-7-19-43(20-8-1)51-53(45-23-11-3-12-24-45)59(49-27-15-5-16-28-49)55(57-51)47-37-33-41(34-38-47)31-32-42-35-39-48(40-36-42)56-58-52(44-21-9-2-10-22-44)54(46-25-13-4-14-26-46)60(56)50-29-17-6-18-30-50/h1-40H. The van der Waals surface area contributed by atoms with Crippen molar-refractivity contribution in [3.63, 3.8) is 0 Å². The van der Waals surface area contributed by atoms with Gasteiger partial charge >= 0.3 is 0 Å². The van der Waals surface area contributed by atoms with E-state index in [0.717, 1.165) is 90.3 Å². The molecule has 0 aliphatic carbocycles. The maximum Gasteiger partial charge on any atom is 0.145 e. The molecule has 4 heteroatoms. The van der Waals surface area contributed by atoms with Gasteiger partial charge in [-0.1, -0.05) is 218 Å². The van der Waals surface area contributed by atoms with Crippen LogP contribution in [0.3, 0.4) is 0 Å². The minimum Gasteiger partial charge on any atom is -0.292 e. The van der Waals surface area contributed by atoms with Gasteiger partial charge in [0.1, 0.15) is 11.6 Å². The lowest BCUT2D eigenvalue weighted by Gasteiger charge is -2.14. The molecule has 0 aliphatic rings. The molecule has 0 saturated carbocycles. The molecule has 60 heavy (non-hydrogen) atoms. The molecule has 284 valence electrons. The first kappa shape index (κ1) is 36.3. The van der Waals surface area contributed by atoms with E-state index in [1.807, 2.05) is 12.1 Å². The Hall–Kier alpha value is -8.08. The molecule has 2 aromatic heterocycles. The van der Waals surface area contributed by atoms with E-state index in [1.165, 1.54) is 0 Å². The van der Waals surface area contributed by atoms with Gasteiger partial charge in [-0.25, -0.2) is 9.97 Å². The molecule has 0 spiro atoms. The van der Waals surface area contributed by atoms with Gasteiger partial charge in [-0.3, -0.25) is 9.13 Å². The van der Waals surface area contributed by atoms with Gasteiger partial charge in [-0.2, -0.15) is 0 Å². The highest BCUT2D eigenvalue weighted by Gasteiger charge is 2.24. The van der Waals surface area contributed by atoms with E-state index in [4.69, 9.17) is 9.97 Å². The molecule has 0 aliphatic heterocycles. The average molecular weight is 769 g/mol. The van der Waals surface area contributed by atoms with Gasteiger partial charge < -0.3 is 0 Å². The summed E-state index contributed by atoms with van der Waals surface area (Å²) in [5.41, 5.74) is 14.8. The summed E-state index contributed by atoms with van der Waals surface area (Å²) >= 11 is 0. The Balaban J connectivity index is 0.993. The summed E-state index contributed by atoms with van der Waals surface area (Å²) in [5.74, 6) is 1.79. The third-order valence-corrected chi connectivity index (χ3v) is 10.8. The van der Waals surface area contributed by atoms with Gasteiger partial charge in [0.15, 0.2) is 0 Å². The Morgan fingerprint density at radius 3 is 0.867 bits per heavy atom. The Labute approximate surface area is 350 Å². The molecule has 10 aromatic rings. The average Bonchev–Trinajstić information content (AvgIpc) is 3.94. The van der Waals surface area contributed by atoms with Gasteiger partial charge in [0, 0.05) is 44.8 Å². The second kappa shape index (κ2) is 16.4. The van der Waals surface area contributed by atoms with Crippen molar-refractivity contribution in [2.45, 2.75) is 0 Å². The summed E-state index contributed by atoms with van der Waals surface area (Å²) in [7, 11) is 0. The number of benzene rings is 8. The quantitative estimate of drug-likeness (QED) is 0.130.